The highest BCUT2D eigenvalue weighted by Crippen LogP contribution is 2.65. The monoisotopic (exact) mass is 842 g/mol. The van der Waals surface area contributed by atoms with Crippen molar-refractivity contribution in [2.45, 2.75) is 24.7 Å². The Balaban J connectivity index is 1.11. The molecule has 0 aromatic heterocycles. The van der Waals surface area contributed by atoms with Gasteiger partial charge in [0, 0.05) is 16.8 Å². The van der Waals surface area contributed by atoms with E-state index >= 15 is 0 Å². The van der Waals surface area contributed by atoms with Gasteiger partial charge in [-0.25, -0.2) is 0 Å². The van der Waals surface area contributed by atoms with Gasteiger partial charge in [0.1, 0.15) is 0 Å². The summed E-state index contributed by atoms with van der Waals surface area (Å²) in [5, 5.41) is 0. The first-order chi connectivity index (χ1) is 32.5. The summed E-state index contributed by atoms with van der Waals surface area (Å²) >= 11 is 0. The lowest BCUT2D eigenvalue weighted by molar-refractivity contribution is 0.660. The van der Waals surface area contributed by atoms with E-state index in [9.17, 15) is 0 Å². The van der Waals surface area contributed by atoms with E-state index in [1.54, 1.807) is 0 Å². The number of rotatable bonds is 5. The molecule has 2 aliphatic heterocycles. The van der Waals surface area contributed by atoms with Gasteiger partial charge in [-0.1, -0.05) is 196 Å². The summed E-state index contributed by atoms with van der Waals surface area (Å²) in [6, 6.07) is 90.4. The fraction of sp³-hybridized carbons (Fsp3) is 0.0625. The Bertz CT molecular complexity index is 3360. The molecule has 0 radical (unpaired) electrons. The molecule has 10 aromatic rings. The molecule has 0 atom stereocenters. The van der Waals surface area contributed by atoms with Crippen molar-refractivity contribution < 1.29 is 0 Å². The third-order valence-electron chi connectivity index (χ3n) is 14.7. The third-order valence-corrected chi connectivity index (χ3v) is 14.7. The number of para-hydroxylation sites is 2. The van der Waals surface area contributed by atoms with Gasteiger partial charge in [0.05, 0.1) is 28.2 Å². The smallest absolute Gasteiger partial charge is 0.0783 e. The van der Waals surface area contributed by atoms with E-state index in [2.05, 4.69) is 266 Å². The minimum Gasteiger partial charge on any atom is -0.310 e. The average Bonchev–Trinajstić information content (AvgIpc) is 3.62. The van der Waals surface area contributed by atoms with Gasteiger partial charge in [-0.2, -0.15) is 0 Å². The Morgan fingerprint density at radius 3 is 1.18 bits per heavy atom. The summed E-state index contributed by atoms with van der Waals surface area (Å²) in [7, 11) is 0. The predicted octanol–water partition coefficient (Wildman–Crippen LogP) is 16.9. The summed E-state index contributed by atoms with van der Waals surface area (Å²) < 4.78 is 0. The molecule has 0 bridgehead atoms. The number of hydrogen-bond acceptors (Lipinski definition) is 2. The molecule has 13 rings (SSSR count). The summed E-state index contributed by atoms with van der Waals surface area (Å²) in [4.78, 5) is 5.04. The highest BCUT2D eigenvalue weighted by atomic mass is 15.2. The fourth-order valence-corrected chi connectivity index (χ4v) is 11.6. The molecule has 0 fully saturated rings. The Kier molecular flexibility index (Phi) is 8.51. The van der Waals surface area contributed by atoms with Gasteiger partial charge in [-0.3, -0.25) is 0 Å². The Morgan fingerprint density at radius 1 is 0.258 bits per heavy atom. The highest BCUT2D eigenvalue weighted by molar-refractivity contribution is 5.99. The van der Waals surface area contributed by atoms with Gasteiger partial charge in [0.25, 0.3) is 0 Å². The van der Waals surface area contributed by atoms with Crippen LogP contribution in [0.1, 0.15) is 47.2 Å². The Hall–Kier alpha value is -8.20. The number of nitrogens with zero attached hydrogens (tertiary/aromatic N) is 2. The summed E-state index contributed by atoms with van der Waals surface area (Å²) in [6.07, 6.45) is 0. The van der Waals surface area contributed by atoms with E-state index in [0.717, 1.165) is 22.7 Å². The summed E-state index contributed by atoms with van der Waals surface area (Å²) in [5.74, 6) is 0. The second kappa shape index (κ2) is 14.7. The summed E-state index contributed by atoms with van der Waals surface area (Å²) in [5.41, 5.74) is 23.7. The maximum atomic E-state index is 2.53. The SMILES string of the molecule is CC1(C)c2ccccc2-c2ccc(N3c4ccccc4C4(c5ccccc53)c3cc(-c5ccccc5)ccc3N(c3ccc(-c5ccccc5)cc3)c3ccc(-c5ccccc5)cc34)cc21. The van der Waals surface area contributed by atoms with Crippen LogP contribution in [-0.4, -0.2) is 0 Å². The first-order valence-corrected chi connectivity index (χ1v) is 23.1. The molecule has 10 aromatic carbocycles. The maximum absolute atomic E-state index is 2.53. The normalized spacial score (nSPS) is 14.4. The lowest BCUT2D eigenvalue weighted by Gasteiger charge is -2.51. The van der Waals surface area contributed by atoms with Gasteiger partial charge >= 0.3 is 0 Å². The van der Waals surface area contributed by atoms with Crippen molar-refractivity contribution in [1.82, 2.24) is 0 Å². The molecule has 0 amide bonds. The minimum absolute atomic E-state index is 0.135. The maximum Gasteiger partial charge on any atom is 0.0783 e. The van der Waals surface area contributed by atoms with Crippen LogP contribution in [0.2, 0.25) is 0 Å². The molecule has 2 nitrogen and oxygen atoms in total. The number of anilines is 6. The standard InChI is InChI=1S/C64H46N2/c1-63(2)53-25-13-12-24-51(53)52-37-36-50(42-56(52)63)66-59-28-16-14-26-54(59)64(55-27-15-17-29-60(55)66)57-40-47(44-20-8-4-9-21-44)32-38-61(57)65(49-34-30-46(31-35-49)43-18-6-3-7-19-43)62-39-33-48(41-58(62)64)45-22-10-5-11-23-45/h3-42H,1-2H3. The quantitative estimate of drug-likeness (QED) is 0.170. The van der Waals surface area contributed by atoms with Gasteiger partial charge in [0.2, 0.25) is 0 Å². The van der Waals surface area contributed by atoms with E-state index in [1.165, 1.54) is 89.3 Å². The van der Waals surface area contributed by atoms with Crippen LogP contribution < -0.4 is 9.80 Å². The number of hydrogen-bond donors (Lipinski definition) is 0. The lowest BCUT2D eigenvalue weighted by Crippen LogP contribution is -2.42. The Labute approximate surface area is 387 Å². The van der Waals surface area contributed by atoms with Gasteiger partial charge in [-0.15, -0.1) is 0 Å². The zero-order valence-electron chi connectivity index (χ0n) is 37.0. The molecule has 0 N–H and O–H groups in total. The van der Waals surface area contributed by atoms with Crippen molar-refractivity contribution in [3.05, 3.63) is 276 Å². The van der Waals surface area contributed by atoms with Crippen molar-refractivity contribution in [1.29, 1.82) is 0 Å². The molecule has 0 saturated heterocycles. The molecule has 0 unspecified atom stereocenters. The van der Waals surface area contributed by atoms with E-state index in [1.807, 2.05) is 0 Å². The molecule has 1 spiro atoms. The molecule has 0 saturated carbocycles. The van der Waals surface area contributed by atoms with Crippen LogP contribution in [0.5, 0.6) is 0 Å². The van der Waals surface area contributed by atoms with Crippen molar-refractivity contribution >= 4 is 34.1 Å². The van der Waals surface area contributed by atoms with Crippen LogP contribution in [0.15, 0.2) is 243 Å². The van der Waals surface area contributed by atoms with Crippen molar-refractivity contribution in [2.24, 2.45) is 0 Å². The van der Waals surface area contributed by atoms with Crippen LogP contribution in [0.25, 0.3) is 44.5 Å². The summed E-state index contributed by atoms with van der Waals surface area (Å²) in [6.45, 7) is 4.75. The molecule has 2 heterocycles. The second-order valence-electron chi connectivity index (χ2n) is 18.5. The largest absolute Gasteiger partial charge is 0.310 e. The van der Waals surface area contributed by atoms with Gasteiger partial charge < -0.3 is 9.80 Å². The van der Waals surface area contributed by atoms with Crippen LogP contribution in [0.4, 0.5) is 34.1 Å². The van der Waals surface area contributed by atoms with Crippen LogP contribution >= 0.6 is 0 Å². The molecule has 1 aliphatic carbocycles. The zero-order valence-corrected chi connectivity index (χ0v) is 37.0. The molecule has 66 heavy (non-hydrogen) atoms. The molecular formula is C64H46N2. The van der Waals surface area contributed by atoms with E-state index in [4.69, 9.17) is 0 Å². The molecular weight excluding hydrogens is 797 g/mol. The molecule has 3 aliphatic rings. The average molecular weight is 843 g/mol. The zero-order chi connectivity index (χ0) is 44.0. The number of benzene rings is 10. The molecule has 2 heteroatoms. The Morgan fingerprint density at radius 2 is 0.636 bits per heavy atom. The van der Waals surface area contributed by atoms with Crippen molar-refractivity contribution in [3.8, 4) is 44.5 Å². The van der Waals surface area contributed by atoms with Crippen LogP contribution in [-0.2, 0) is 10.8 Å². The minimum atomic E-state index is -0.712. The lowest BCUT2D eigenvalue weighted by atomic mass is 9.59. The highest BCUT2D eigenvalue weighted by Gasteiger charge is 2.52. The fourth-order valence-electron chi connectivity index (χ4n) is 11.6. The molecule has 312 valence electrons. The van der Waals surface area contributed by atoms with Gasteiger partial charge in [-0.05, 0) is 139 Å². The first kappa shape index (κ1) is 38.3. The van der Waals surface area contributed by atoms with Crippen molar-refractivity contribution in [3.63, 3.8) is 0 Å². The van der Waals surface area contributed by atoms with Crippen molar-refractivity contribution in [2.75, 3.05) is 9.80 Å². The van der Waals surface area contributed by atoms with E-state index in [0.29, 0.717) is 0 Å². The third kappa shape index (κ3) is 5.55. The van der Waals surface area contributed by atoms with E-state index < -0.39 is 5.41 Å². The predicted molar refractivity (Wildman–Crippen MR) is 275 cm³/mol. The van der Waals surface area contributed by atoms with Gasteiger partial charge in [0.15, 0.2) is 0 Å². The first-order valence-electron chi connectivity index (χ1n) is 23.1. The van der Waals surface area contributed by atoms with Crippen LogP contribution in [0, 0.1) is 0 Å². The topological polar surface area (TPSA) is 6.48 Å². The number of fused-ring (bicyclic) bond motifs is 11. The van der Waals surface area contributed by atoms with E-state index in [-0.39, 0.29) is 5.41 Å². The second-order valence-corrected chi connectivity index (χ2v) is 18.5. The van der Waals surface area contributed by atoms with Crippen LogP contribution in [0.3, 0.4) is 0 Å².